The number of alkyl halides is 3. The summed E-state index contributed by atoms with van der Waals surface area (Å²) in [6.45, 7) is 10.1. The number of halogens is 3. The number of rotatable bonds is 9. The van der Waals surface area contributed by atoms with Gasteiger partial charge >= 0.3 is 6.18 Å². The molecule has 0 saturated heterocycles. The van der Waals surface area contributed by atoms with Gasteiger partial charge in [0.25, 0.3) is 5.91 Å². The van der Waals surface area contributed by atoms with Crippen molar-refractivity contribution in [3.8, 4) is 5.69 Å². The third-order valence-corrected chi connectivity index (χ3v) is 6.10. The molecular weight excluding hydrogens is 493 g/mol. The van der Waals surface area contributed by atoms with Crippen molar-refractivity contribution in [2.75, 3.05) is 18.4 Å². The van der Waals surface area contributed by atoms with Crippen LogP contribution in [-0.2, 0) is 16.4 Å². The largest absolute Gasteiger partial charge is 0.416 e. The molecule has 0 unspecified atom stereocenters. The van der Waals surface area contributed by atoms with E-state index in [1.807, 2.05) is 65.0 Å². The molecule has 0 aliphatic rings. The number of nitrogens with zero attached hydrogens (tertiary/aromatic N) is 3. The number of amides is 2. The number of benzene rings is 2. The van der Waals surface area contributed by atoms with E-state index in [-0.39, 0.29) is 17.5 Å². The van der Waals surface area contributed by atoms with Crippen molar-refractivity contribution in [1.82, 2.24) is 14.7 Å². The van der Waals surface area contributed by atoms with Crippen molar-refractivity contribution < 1.29 is 22.8 Å². The molecule has 0 saturated carbocycles. The van der Waals surface area contributed by atoms with Crippen LogP contribution >= 0.6 is 0 Å². The van der Waals surface area contributed by atoms with Crippen LogP contribution in [-0.4, -0.2) is 39.6 Å². The summed E-state index contributed by atoms with van der Waals surface area (Å²) in [4.78, 5) is 27.8. The van der Waals surface area contributed by atoms with Crippen molar-refractivity contribution in [2.24, 2.45) is 0 Å². The highest BCUT2D eigenvalue weighted by atomic mass is 19.4. The van der Waals surface area contributed by atoms with Crippen molar-refractivity contribution in [2.45, 2.75) is 65.5 Å². The minimum absolute atomic E-state index is 0.0992. The Bertz CT molecular complexity index is 1260. The van der Waals surface area contributed by atoms with Crippen LogP contribution in [0.1, 0.15) is 74.1 Å². The molecule has 0 spiro atoms. The molecular formula is C29H35F3N4O2. The Labute approximate surface area is 221 Å². The Balaban J connectivity index is 1.85. The second-order valence-electron chi connectivity index (χ2n) is 10.5. The van der Waals surface area contributed by atoms with E-state index < -0.39 is 23.6 Å². The Morgan fingerprint density at radius 1 is 1.00 bits per heavy atom. The minimum Gasteiger partial charge on any atom is -0.329 e. The first kappa shape index (κ1) is 28.9. The third kappa shape index (κ3) is 7.46. The van der Waals surface area contributed by atoms with Gasteiger partial charge < -0.3 is 10.2 Å². The van der Waals surface area contributed by atoms with Gasteiger partial charge in [-0.15, -0.1) is 0 Å². The molecule has 0 radical (unpaired) electrons. The average molecular weight is 529 g/mol. The van der Waals surface area contributed by atoms with Crippen LogP contribution in [0.3, 0.4) is 0 Å². The van der Waals surface area contributed by atoms with Gasteiger partial charge in [0.15, 0.2) is 0 Å². The number of nitrogens with one attached hydrogen (secondary N) is 1. The lowest BCUT2D eigenvalue weighted by atomic mass is 9.92. The summed E-state index contributed by atoms with van der Waals surface area (Å²) in [6.07, 6.45) is -2.05. The predicted molar refractivity (Wildman–Crippen MR) is 143 cm³/mol. The van der Waals surface area contributed by atoms with Crippen LogP contribution in [0.25, 0.3) is 5.69 Å². The summed E-state index contributed by atoms with van der Waals surface area (Å²) in [5.41, 5.74) is 1.62. The maximum Gasteiger partial charge on any atom is 0.416 e. The average Bonchev–Trinajstić information content (AvgIpc) is 3.27. The van der Waals surface area contributed by atoms with Gasteiger partial charge in [-0.2, -0.15) is 18.3 Å². The van der Waals surface area contributed by atoms with Gasteiger partial charge in [-0.25, -0.2) is 4.68 Å². The second-order valence-corrected chi connectivity index (χ2v) is 10.5. The maximum atomic E-state index is 13.2. The minimum atomic E-state index is -4.49. The lowest BCUT2D eigenvalue weighted by Gasteiger charge is -2.22. The highest BCUT2D eigenvalue weighted by Gasteiger charge is 2.30. The third-order valence-electron chi connectivity index (χ3n) is 6.10. The number of aryl methyl sites for hydroxylation is 1. The summed E-state index contributed by atoms with van der Waals surface area (Å²) in [5, 5.41) is 7.62. The second kappa shape index (κ2) is 11.8. The molecule has 204 valence electrons. The molecule has 6 nitrogen and oxygen atoms in total. The first-order chi connectivity index (χ1) is 17.8. The van der Waals surface area contributed by atoms with E-state index in [4.69, 9.17) is 5.10 Å². The van der Waals surface area contributed by atoms with Gasteiger partial charge in [0.05, 0.1) is 16.9 Å². The molecule has 2 amide bonds. The molecule has 0 aliphatic heterocycles. The fourth-order valence-corrected chi connectivity index (χ4v) is 3.94. The molecule has 3 aromatic rings. The Morgan fingerprint density at radius 2 is 1.68 bits per heavy atom. The van der Waals surface area contributed by atoms with E-state index in [1.54, 1.807) is 4.68 Å². The summed E-state index contributed by atoms with van der Waals surface area (Å²) in [6, 6.07) is 13.6. The lowest BCUT2D eigenvalue weighted by molar-refractivity contribution is -0.137. The van der Waals surface area contributed by atoms with Crippen LogP contribution < -0.4 is 5.32 Å². The molecule has 2 aromatic carbocycles. The number of carbonyl (C=O) groups is 2. The van der Waals surface area contributed by atoms with E-state index in [0.717, 1.165) is 54.1 Å². The van der Waals surface area contributed by atoms with Gasteiger partial charge in [0.2, 0.25) is 5.91 Å². The zero-order valence-corrected chi connectivity index (χ0v) is 22.5. The monoisotopic (exact) mass is 528 g/mol. The molecule has 1 aromatic heterocycles. The van der Waals surface area contributed by atoms with Crippen molar-refractivity contribution >= 4 is 17.6 Å². The Kier molecular flexibility index (Phi) is 9.01. The number of anilines is 1. The van der Waals surface area contributed by atoms with Gasteiger partial charge in [-0.1, -0.05) is 52.7 Å². The standard InChI is InChI=1S/C29H35F3N4O2/c1-6-7-8-16-35(27(38)21-12-14-22(15-13-21)29(30,31)32)19-26(37)33-25-18-24(28(3,4)5)34-36(25)23-11-9-10-20(2)17-23/h9-15,17-18H,6-8,16,19H2,1-5H3,(H,33,37). The highest BCUT2D eigenvalue weighted by molar-refractivity contribution is 5.99. The number of aromatic nitrogens is 2. The van der Waals surface area contributed by atoms with E-state index >= 15 is 0 Å². The maximum absolute atomic E-state index is 13.2. The molecule has 9 heteroatoms. The number of hydrogen-bond donors (Lipinski definition) is 1. The van der Waals surface area contributed by atoms with Crippen LogP contribution in [0.15, 0.2) is 54.6 Å². The van der Waals surface area contributed by atoms with Gasteiger partial charge in [0.1, 0.15) is 12.4 Å². The summed E-state index contributed by atoms with van der Waals surface area (Å²) < 4.78 is 40.6. The smallest absolute Gasteiger partial charge is 0.329 e. The molecule has 0 bridgehead atoms. The lowest BCUT2D eigenvalue weighted by Crippen LogP contribution is -2.39. The summed E-state index contributed by atoms with van der Waals surface area (Å²) >= 11 is 0. The summed E-state index contributed by atoms with van der Waals surface area (Å²) in [7, 11) is 0. The van der Waals surface area contributed by atoms with Crippen LogP contribution in [0, 0.1) is 6.92 Å². The molecule has 3 rings (SSSR count). The van der Waals surface area contributed by atoms with E-state index in [9.17, 15) is 22.8 Å². The first-order valence-corrected chi connectivity index (χ1v) is 12.7. The quantitative estimate of drug-likeness (QED) is 0.312. The SMILES string of the molecule is CCCCCN(CC(=O)Nc1cc(C(C)(C)C)nn1-c1cccc(C)c1)C(=O)c1ccc(C(F)(F)F)cc1. The van der Waals surface area contributed by atoms with Crippen LogP contribution in [0.5, 0.6) is 0 Å². The van der Waals surface area contributed by atoms with Crippen molar-refractivity contribution in [3.63, 3.8) is 0 Å². The predicted octanol–water partition coefficient (Wildman–Crippen LogP) is 6.77. The molecule has 38 heavy (non-hydrogen) atoms. The zero-order chi connectivity index (χ0) is 28.1. The topological polar surface area (TPSA) is 67.2 Å². The number of hydrogen-bond acceptors (Lipinski definition) is 3. The normalized spacial score (nSPS) is 11.9. The molecule has 1 N–H and O–H groups in total. The summed E-state index contributed by atoms with van der Waals surface area (Å²) in [5.74, 6) is -0.440. The Hall–Kier alpha value is -3.62. The number of unbranched alkanes of at least 4 members (excludes halogenated alkanes) is 2. The molecule has 0 aliphatic carbocycles. The van der Waals surface area contributed by atoms with Crippen molar-refractivity contribution in [1.29, 1.82) is 0 Å². The molecule has 1 heterocycles. The molecule has 0 atom stereocenters. The van der Waals surface area contributed by atoms with Gasteiger partial charge in [-0.05, 0) is 55.3 Å². The zero-order valence-electron chi connectivity index (χ0n) is 22.5. The first-order valence-electron chi connectivity index (χ1n) is 12.7. The van der Waals surface area contributed by atoms with E-state index in [2.05, 4.69) is 5.32 Å². The Morgan fingerprint density at radius 3 is 2.26 bits per heavy atom. The fourth-order valence-electron chi connectivity index (χ4n) is 3.94. The van der Waals surface area contributed by atoms with Gasteiger partial charge in [-0.3, -0.25) is 9.59 Å². The van der Waals surface area contributed by atoms with E-state index in [1.165, 1.54) is 4.90 Å². The number of carbonyl (C=O) groups excluding carboxylic acids is 2. The molecule has 0 fully saturated rings. The van der Waals surface area contributed by atoms with Gasteiger partial charge in [0, 0.05) is 23.6 Å². The van der Waals surface area contributed by atoms with Crippen LogP contribution in [0.2, 0.25) is 0 Å². The van der Waals surface area contributed by atoms with Crippen LogP contribution in [0.4, 0.5) is 19.0 Å². The van der Waals surface area contributed by atoms with E-state index in [0.29, 0.717) is 18.8 Å². The van der Waals surface area contributed by atoms with Crippen molar-refractivity contribution in [3.05, 3.63) is 77.0 Å². The fraction of sp³-hybridized carbons (Fsp3) is 0.414. The highest BCUT2D eigenvalue weighted by Crippen LogP contribution is 2.29.